The fourth-order valence-corrected chi connectivity index (χ4v) is 2.70. The van der Waals surface area contributed by atoms with Gasteiger partial charge in [0, 0.05) is 24.6 Å². The molecule has 1 aromatic heterocycles. The molecule has 0 unspecified atom stereocenters. The molecule has 0 atom stereocenters. The maximum atomic E-state index is 12.1. The summed E-state index contributed by atoms with van der Waals surface area (Å²) >= 11 is 0. The number of benzene rings is 1. The van der Waals surface area contributed by atoms with Crippen LogP contribution in [0.15, 0.2) is 30.6 Å². The highest BCUT2D eigenvalue weighted by Gasteiger charge is 2.10. The zero-order chi connectivity index (χ0) is 18.1. The molecule has 25 heavy (non-hydrogen) atoms. The van der Waals surface area contributed by atoms with Gasteiger partial charge in [-0.3, -0.25) is 4.79 Å². The van der Waals surface area contributed by atoms with Gasteiger partial charge in [0.1, 0.15) is 0 Å². The van der Waals surface area contributed by atoms with E-state index in [1.807, 2.05) is 0 Å². The van der Waals surface area contributed by atoms with Gasteiger partial charge >= 0.3 is 0 Å². The molecule has 0 aliphatic heterocycles. The van der Waals surface area contributed by atoms with Crippen LogP contribution in [0.4, 0.5) is 11.6 Å². The summed E-state index contributed by atoms with van der Waals surface area (Å²) in [6, 6.07) is 6.30. The van der Waals surface area contributed by atoms with Gasteiger partial charge in [0.25, 0.3) is 5.91 Å². The Morgan fingerprint density at radius 3 is 2.20 bits per heavy atom. The second kappa shape index (κ2) is 9.77. The first kappa shape index (κ1) is 18.9. The zero-order valence-corrected chi connectivity index (χ0v) is 15.4. The number of nitrogens with zero attached hydrogens (tertiary/aromatic N) is 2. The van der Waals surface area contributed by atoms with Crippen LogP contribution in [0, 0.1) is 0 Å². The quantitative estimate of drug-likeness (QED) is 0.669. The van der Waals surface area contributed by atoms with Crippen molar-refractivity contribution in [3.63, 3.8) is 0 Å². The van der Waals surface area contributed by atoms with Crippen LogP contribution in [0.5, 0.6) is 0 Å². The minimum atomic E-state index is -0.120. The molecule has 1 heterocycles. The highest BCUT2D eigenvalue weighted by molar-refractivity contribution is 5.93. The summed E-state index contributed by atoms with van der Waals surface area (Å²) in [5.74, 6) is 0.393. The van der Waals surface area contributed by atoms with Crippen LogP contribution in [0.1, 0.15) is 61.5 Å². The molecular weight excluding hydrogens is 312 g/mol. The number of anilines is 2. The number of aromatic nitrogens is 2. The van der Waals surface area contributed by atoms with Gasteiger partial charge < -0.3 is 10.6 Å². The normalized spacial score (nSPS) is 10.5. The molecule has 5 nitrogen and oxygen atoms in total. The third-order valence-corrected chi connectivity index (χ3v) is 4.22. The summed E-state index contributed by atoms with van der Waals surface area (Å²) in [7, 11) is 0. The van der Waals surface area contributed by atoms with Crippen molar-refractivity contribution in [2.24, 2.45) is 0 Å². The molecule has 0 radical (unpaired) electrons. The first-order valence-electron chi connectivity index (χ1n) is 9.17. The maximum absolute atomic E-state index is 12.1. The van der Waals surface area contributed by atoms with Crippen LogP contribution in [-0.2, 0) is 12.8 Å². The van der Waals surface area contributed by atoms with Gasteiger partial charge in [-0.2, -0.15) is 0 Å². The zero-order valence-electron chi connectivity index (χ0n) is 15.4. The maximum Gasteiger partial charge on any atom is 0.254 e. The summed E-state index contributed by atoms with van der Waals surface area (Å²) in [5.41, 5.74) is 4.03. The van der Waals surface area contributed by atoms with Gasteiger partial charge in [-0.25, -0.2) is 9.97 Å². The number of hydrogen-bond acceptors (Lipinski definition) is 4. The summed E-state index contributed by atoms with van der Waals surface area (Å²) in [6.45, 7) is 7.10. The number of nitrogens with one attached hydrogen (secondary N) is 2. The number of rotatable bonds is 9. The van der Waals surface area contributed by atoms with Crippen LogP contribution in [0.2, 0.25) is 0 Å². The summed E-state index contributed by atoms with van der Waals surface area (Å²) in [4.78, 5) is 20.7. The Bertz CT molecular complexity index is 660. The van der Waals surface area contributed by atoms with E-state index in [0.29, 0.717) is 18.1 Å². The van der Waals surface area contributed by atoms with E-state index >= 15 is 0 Å². The minimum Gasteiger partial charge on any atom is -0.352 e. The first-order valence-corrected chi connectivity index (χ1v) is 9.17. The summed E-state index contributed by atoms with van der Waals surface area (Å²) < 4.78 is 0. The molecule has 0 fully saturated rings. The minimum absolute atomic E-state index is 0.120. The van der Waals surface area contributed by atoms with Gasteiger partial charge in [0.15, 0.2) is 0 Å². The van der Waals surface area contributed by atoms with Crippen molar-refractivity contribution >= 4 is 17.5 Å². The second-order valence-corrected chi connectivity index (χ2v) is 6.04. The van der Waals surface area contributed by atoms with Crippen molar-refractivity contribution in [3.8, 4) is 0 Å². The molecule has 1 amide bonds. The van der Waals surface area contributed by atoms with Crippen LogP contribution >= 0.6 is 0 Å². The molecule has 1 aromatic carbocycles. The summed E-state index contributed by atoms with van der Waals surface area (Å²) in [5, 5.41) is 6.22. The highest BCUT2D eigenvalue weighted by atomic mass is 16.1. The van der Waals surface area contributed by atoms with Gasteiger partial charge in [-0.1, -0.05) is 51.8 Å². The van der Waals surface area contributed by atoms with E-state index in [-0.39, 0.29) is 5.91 Å². The lowest BCUT2D eigenvalue weighted by Crippen LogP contribution is -2.24. The lowest BCUT2D eigenvalue weighted by molar-refractivity contribution is 0.0952. The van der Waals surface area contributed by atoms with E-state index < -0.39 is 0 Å². The third-order valence-electron chi connectivity index (χ3n) is 4.22. The van der Waals surface area contributed by atoms with Gasteiger partial charge in [-0.05, 0) is 30.4 Å². The van der Waals surface area contributed by atoms with Crippen LogP contribution in [0.3, 0.4) is 0 Å². The molecule has 5 heteroatoms. The van der Waals surface area contributed by atoms with Crippen LogP contribution < -0.4 is 10.6 Å². The number of amides is 1. The Morgan fingerprint density at radius 2 is 1.64 bits per heavy atom. The predicted octanol–water partition coefficient (Wildman–Crippen LogP) is 4.27. The summed E-state index contributed by atoms with van der Waals surface area (Å²) in [6.07, 6.45) is 8.28. The smallest absolute Gasteiger partial charge is 0.254 e. The Labute approximate surface area is 150 Å². The van der Waals surface area contributed by atoms with Gasteiger partial charge in [0.05, 0.1) is 5.56 Å². The number of para-hydroxylation sites is 1. The van der Waals surface area contributed by atoms with Gasteiger partial charge in [0.2, 0.25) is 5.95 Å². The Kier molecular flexibility index (Phi) is 7.38. The van der Waals surface area contributed by atoms with E-state index in [9.17, 15) is 4.79 Å². The van der Waals surface area contributed by atoms with Crippen molar-refractivity contribution in [3.05, 3.63) is 47.3 Å². The monoisotopic (exact) mass is 340 g/mol. The number of carbonyl (C=O) groups is 1. The average molecular weight is 340 g/mol. The predicted molar refractivity (Wildman–Crippen MR) is 102 cm³/mol. The number of aryl methyl sites for hydroxylation is 2. The van der Waals surface area contributed by atoms with E-state index in [0.717, 1.165) is 37.8 Å². The second-order valence-electron chi connectivity index (χ2n) is 6.04. The number of carbonyl (C=O) groups excluding carboxylic acids is 1. The lowest BCUT2D eigenvalue weighted by Gasteiger charge is -2.14. The molecule has 2 N–H and O–H groups in total. The fraction of sp³-hybridized carbons (Fsp3) is 0.450. The van der Waals surface area contributed by atoms with Crippen molar-refractivity contribution in [2.75, 3.05) is 11.9 Å². The lowest BCUT2D eigenvalue weighted by atomic mass is 10.0. The molecule has 0 aliphatic carbocycles. The van der Waals surface area contributed by atoms with Crippen molar-refractivity contribution in [1.82, 2.24) is 15.3 Å². The van der Waals surface area contributed by atoms with E-state index in [1.165, 1.54) is 11.1 Å². The van der Waals surface area contributed by atoms with Crippen molar-refractivity contribution in [2.45, 2.75) is 52.9 Å². The third kappa shape index (κ3) is 5.28. The SMILES string of the molecule is CCCCCNC(=O)c1cnc(Nc2c(CC)cccc2CC)nc1. The van der Waals surface area contributed by atoms with E-state index in [1.54, 1.807) is 12.4 Å². The van der Waals surface area contributed by atoms with Crippen LogP contribution in [0.25, 0.3) is 0 Å². The first-order chi connectivity index (χ1) is 12.2. The van der Waals surface area contributed by atoms with Crippen molar-refractivity contribution < 1.29 is 4.79 Å². The van der Waals surface area contributed by atoms with E-state index in [2.05, 4.69) is 59.6 Å². The molecular formula is C20H28N4O. The molecule has 0 aliphatic rings. The fourth-order valence-electron chi connectivity index (χ4n) is 2.70. The molecule has 2 rings (SSSR count). The molecule has 0 saturated heterocycles. The molecule has 0 saturated carbocycles. The van der Waals surface area contributed by atoms with Crippen LogP contribution in [-0.4, -0.2) is 22.4 Å². The molecule has 134 valence electrons. The number of hydrogen-bond donors (Lipinski definition) is 2. The molecule has 2 aromatic rings. The van der Waals surface area contributed by atoms with E-state index in [4.69, 9.17) is 0 Å². The Hall–Kier alpha value is -2.43. The topological polar surface area (TPSA) is 66.9 Å². The number of unbranched alkanes of at least 4 members (excludes halogenated alkanes) is 2. The molecule has 0 spiro atoms. The Balaban J connectivity index is 2.05. The molecule has 0 bridgehead atoms. The average Bonchev–Trinajstić information content (AvgIpc) is 2.65. The largest absolute Gasteiger partial charge is 0.352 e. The standard InChI is InChI=1S/C20H28N4O/c1-4-7-8-12-21-19(25)17-13-22-20(23-14-17)24-18-15(5-2)10-9-11-16(18)6-3/h9-11,13-14H,4-8,12H2,1-3H3,(H,21,25)(H,22,23,24). The highest BCUT2D eigenvalue weighted by Crippen LogP contribution is 2.24. The van der Waals surface area contributed by atoms with Crippen molar-refractivity contribution in [1.29, 1.82) is 0 Å². The van der Waals surface area contributed by atoms with Gasteiger partial charge in [-0.15, -0.1) is 0 Å². The Morgan fingerprint density at radius 1 is 1.00 bits per heavy atom.